The van der Waals surface area contributed by atoms with Gasteiger partial charge in [-0.05, 0) is 18.2 Å². The van der Waals surface area contributed by atoms with Crippen LogP contribution < -0.4 is 0 Å². The van der Waals surface area contributed by atoms with Gasteiger partial charge in [-0.25, -0.2) is 23.5 Å². The first-order valence-electron chi connectivity index (χ1n) is 7.10. The Morgan fingerprint density at radius 3 is 2.12 bits per heavy atom. The average molecular weight is 326 g/mol. The van der Waals surface area contributed by atoms with Gasteiger partial charge in [0.15, 0.2) is 5.82 Å². The minimum atomic E-state index is -2.51. The van der Waals surface area contributed by atoms with Crippen molar-refractivity contribution in [3.8, 4) is 22.6 Å². The van der Waals surface area contributed by atoms with Gasteiger partial charge in [0.2, 0.25) is 0 Å². The van der Waals surface area contributed by atoms with Crippen LogP contribution in [0.1, 0.15) is 22.3 Å². The van der Waals surface area contributed by atoms with Gasteiger partial charge in [-0.3, -0.25) is 0 Å². The monoisotopic (exact) mass is 326 g/mol. The summed E-state index contributed by atoms with van der Waals surface area (Å²) in [6.07, 6.45) is -0.942. The molecule has 24 heavy (non-hydrogen) atoms. The third kappa shape index (κ3) is 3.27. The standard InChI is InChI=1S/C18H12F2N2O2/c19-16(20)12-3-5-13(6-4-12)17-21-10-9-15(22-17)11-1-7-14(8-2-11)18(23)24/h1-10,16H,(H,23,24). The maximum atomic E-state index is 12.6. The maximum Gasteiger partial charge on any atom is 0.335 e. The van der Waals surface area contributed by atoms with Crippen LogP contribution >= 0.6 is 0 Å². The molecule has 0 aliphatic rings. The number of nitrogens with zero attached hydrogens (tertiary/aromatic N) is 2. The van der Waals surface area contributed by atoms with Crippen LogP contribution in [0.4, 0.5) is 8.78 Å². The molecular formula is C18H12F2N2O2. The Morgan fingerprint density at radius 2 is 1.54 bits per heavy atom. The highest BCUT2D eigenvalue weighted by Gasteiger charge is 2.09. The summed E-state index contributed by atoms with van der Waals surface area (Å²) in [6, 6.07) is 13.8. The van der Waals surface area contributed by atoms with Crippen molar-refractivity contribution in [2.24, 2.45) is 0 Å². The van der Waals surface area contributed by atoms with E-state index in [2.05, 4.69) is 9.97 Å². The highest BCUT2D eigenvalue weighted by molar-refractivity contribution is 5.88. The molecule has 120 valence electrons. The number of carboxylic acids is 1. The third-order valence-corrected chi connectivity index (χ3v) is 3.50. The van der Waals surface area contributed by atoms with Crippen molar-refractivity contribution in [2.75, 3.05) is 0 Å². The zero-order valence-electron chi connectivity index (χ0n) is 12.4. The number of benzene rings is 2. The fourth-order valence-electron chi connectivity index (χ4n) is 2.22. The van der Waals surface area contributed by atoms with Crippen molar-refractivity contribution >= 4 is 5.97 Å². The van der Waals surface area contributed by atoms with E-state index in [0.717, 1.165) is 5.56 Å². The number of hydrogen-bond donors (Lipinski definition) is 1. The van der Waals surface area contributed by atoms with Crippen molar-refractivity contribution in [1.29, 1.82) is 0 Å². The molecule has 0 aliphatic carbocycles. The summed E-state index contributed by atoms with van der Waals surface area (Å²) in [5.74, 6) is -0.584. The predicted octanol–water partition coefficient (Wildman–Crippen LogP) is 4.45. The summed E-state index contributed by atoms with van der Waals surface area (Å²) >= 11 is 0. The largest absolute Gasteiger partial charge is 0.478 e. The van der Waals surface area contributed by atoms with E-state index >= 15 is 0 Å². The topological polar surface area (TPSA) is 63.1 Å². The minimum Gasteiger partial charge on any atom is -0.478 e. The first-order valence-corrected chi connectivity index (χ1v) is 7.10. The van der Waals surface area contributed by atoms with E-state index in [1.165, 1.54) is 24.3 Å². The SMILES string of the molecule is O=C(O)c1ccc(-c2ccnc(-c3ccc(C(F)F)cc3)n2)cc1. The summed E-state index contributed by atoms with van der Waals surface area (Å²) in [5.41, 5.74) is 2.13. The number of carboxylic acid groups (broad SMARTS) is 1. The quantitative estimate of drug-likeness (QED) is 0.769. The molecule has 0 aliphatic heterocycles. The molecule has 0 unspecified atom stereocenters. The summed E-state index contributed by atoms with van der Waals surface area (Å²) in [5, 5.41) is 8.92. The van der Waals surface area contributed by atoms with Crippen LogP contribution in [0.25, 0.3) is 22.6 Å². The second-order valence-electron chi connectivity index (χ2n) is 5.07. The van der Waals surface area contributed by atoms with Gasteiger partial charge in [-0.1, -0.05) is 36.4 Å². The van der Waals surface area contributed by atoms with Gasteiger partial charge >= 0.3 is 5.97 Å². The van der Waals surface area contributed by atoms with E-state index in [9.17, 15) is 13.6 Å². The van der Waals surface area contributed by atoms with E-state index in [-0.39, 0.29) is 11.1 Å². The zero-order chi connectivity index (χ0) is 17.1. The third-order valence-electron chi connectivity index (χ3n) is 3.50. The number of halogens is 2. The molecule has 1 aromatic heterocycles. The Kier molecular flexibility index (Phi) is 4.29. The Balaban J connectivity index is 1.92. The van der Waals surface area contributed by atoms with Gasteiger partial charge in [-0.2, -0.15) is 0 Å². The molecule has 0 spiro atoms. The Bertz CT molecular complexity index is 863. The minimum absolute atomic E-state index is 0.0563. The smallest absolute Gasteiger partial charge is 0.335 e. The van der Waals surface area contributed by atoms with Crippen LogP contribution in [0.15, 0.2) is 60.8 Å². The molecule has 1 N–H and O–H groups in total. The van der Waals surface area contributed by atoms with E-state index in [1.807, 2.05) is 0 Å². The van der Waals surface area contributed by atoms with Crippen LogP contribution in [0.5, 0.6) is 0 Å². The van der Waals surface area contributed by atoms with Crippen LogP contribution in [0.3, 0.4) is 0 Å². The molecule has 0 amide bonds. The number of carbonyl (C=O) groups is 1. The fraction of sp³-hybridized carbons (Fsp3) is 0.0556. The van der Waals surface area contributed by atoms with Gasteiger partial charge < -0.3 is 5.11 Å². The van der Waals surface area contributed by atoms with E-state index in [0.29, 0.717) is 17.1 Å². The van der Waals surface area contributed by atoms with Crippen molar-refractivity contribution in [2.45, 2.75) is 6.43 Å². The number of hydrogen-bond acceptors (Lipinski definition) is 3. The van der Waals surface area contributed by atoms with Gasteiger partial charge in [0.25, 0.3) is 6.43 Å². The lowest BCUT2D eigenvalue weighted by atomic mass is 10.1. The van der Waals surface area contributed by atoms with Gasteiger partial charge in [0, 0.05) is 22.9 Å². The van der Waals surface area contributed by atoms with E-state index < -0.39 is 12.4 Å². The molecule has 0 saturated carbocycles. The Hall–Kier alpha value is -3.15. The van der Waals surface area contributed by atoms with Crippen molar-refractivity contribution in [1.82, 2.24) is 9.97 Å². The summed E-state index contributed by atoms with van der Waals surface area (Å²) < 4.78 is 25.2. The highest BCUT2D eigenvalue weighted by atomic mass is 19.3. The lowest BCUT2D eigenvalue weighted by Gasteiger charge is -2.06. The molecule has 0 radical (unpaired) electrons. The second kappa shape index (κ2) is 6.54. The van der Waals surface area contributed by atoms with Crippen LogP contribution in [0, 0.1) is 0 Å². The summed E-state index contributed by atoms with van der Waals surface area (Å²) in [4.78, 5) is 19.5. The first-order chi connectivity index (χ1) is 11.5. The van der Waals surface area contributed by atoms with Crippen molar-refractivity contribution in [3.05, 3.63) is 71.9 Å². The van der Waals surface area contributed by atoms with Crippen LogP contribution in [-0.2, 0) is 0 Å². The lowest BCUT2D eigenvalue weighted by Crippen LogP contribution is -1.96. The molecule has 0 bridgehead atoms. The molecule has 1 heterocycles. The second-order valence-corrected chi connectivity index (χ2v) is 5.07. The van der Waals surface area contributed by atoms with Crippen molar-refractivity contribution in [3.63, 3.8) is 0 Å². The highest BCUT2D eigenvalue weighted by Crippen LogP contribution is 2.24. The number of aromatic carboxylic acids is 1. The molecule has 3 rings (SSSR count). The van der Waals surface area contributed by atoms with Crippen LogP contribution in [0.2, 0.25) is 0 Å². The molecule has 6 heteroatoms. The average Bonchev–Trinajstić information content (AvgIpc) is 2.62. The first kappa shape index (κ1) is 15.7. The summed E-state index contributed by atoms with van der Waals surface area (Å²) in [6.45, 7) is 0. The summed E-state index contributed by atoms with van der Waals surface area (Å²) in [7, 11) is 0. The molecule has 0 atom stereocenters. The number of alkyl halides is 2. The van der Waals surface area contributed by atoms with Gasteiger partial charge in [-0.15, -0.1) is 0 Å². The molecule has 0 fully saturated rings. The molecular weight excluding hydrogens is 314 g/mol. The molecule has 3 aromatic rings. The van der Waals surface area contributed by atoms with Crippen LogP contribution in [-0.4, -0.2) is 21.0 Å². The zero-order valence-corrected chi connectivity index (χ0v) is 12.4. The number of rotatable bonds is 4. The molecule has 0 saturated heterocycles. The Morgan fingerprint density at radius 1 is 0.917 bits per heavy atom. The molecule has 2 aromatic carbocycles. The fourth-order valence-corrected chi connectivity index (χ4v) is 2.22. The van der Waals surface area contributed by atoms with Gasteiger partial charge in [0.05, 0.1) is 11.3 Å². The normalized spacial score (nSPS) is 10.8. The lowest BCUT2D eigenvalue weighted by molar-refractivity contribution is 0.0697. The van der Waals surface area contributed by atoms with Gasteiger partial charge in [0.1, 0.15) is 0 Å². The van der Waals surface area contributed by atoms with Crippen molar-refractivity contribution < 1.29 is 18.7 Å². The van der Waals surface area contributed by atoms with E-state index in [4.69, 9.17) is 5.11 Å². The molecule has 4 nitrogen and oxygen atoms in total. The Labute approximate surface area is 136 Å². The number of aromatic nitrogens is 2. The predicted molar refractivity (Wildman–Crippen MR) is 84.8 cm³/mol. The maximum absolute atomic E-state index is 12.6. The van der Waals surface area contributed by atoms with E-state index in [1.54, 1.807) is 36.5 Å².